The molecule has 1 aromatic heterocycles. The summed E-state index contributed by atoms with van der Waals surface area (Å²) >= 11 is 0. The highest BCUT2D eigenvalue weighted by Gasteiger charge is 2.18. The minimum absolute atomic E-state index is 0.0735. The van der Waals surface area contributed by atoms with Crippen LogP contribution in [0.5, 0.6) is 0 Å². The van der Waals surface area contributed by atoms with Crippen LogP contribution >= 0.6 is 0 Å². The van der Waals surface area contributed by atoms with Gasteiger partial charge in [-0.1, -0.05) is 37.3 Å². The van der Waals surface area contributed by atoms with Crippen LogP contribution in [0.2, 0.25) is 0 Å². The van der Waals surface area contributed by atoms with Gasteiger partial charge >= 0.3 is 0 Å². The Morgan fingerprint density at radius 2 is 2.00 bits per heavy atom. The summed E-state index contributed by atoms with van der Waals surface area (Å²) in [4.78, 5) is 17.7. The molecule has 1 amide bonds. The van der Waals surface area contributed by atoms with Crippen molar-refractivity contribution in [3.05, 3.63) is 65.7 Å². The van der Waals surface area contributed by atoms with Gasteiger partial charge in [-0.3, -0.25) is 9.78 Å². The molecule has 3 nitrogen and oxygen atoms in total. The maximum atomic E-state index is 13.7. The van der Waals surface area contributed by atoms with Crippen molar-refractivity contribution in [1.82, 2.24) is 9.88 Å². The van der Waals surface area contributed by atoms with E-state index in [1.54, 1.807) is 4.90 Å². The fourth-order valence-corrected chi connectivity index (χ4v) is 2.05. The van der Waals surface area contributed by atoms with Crippen LogP contribution in [-0.4, -0.2) is 22.3 Å². The lowest BCUT2D eigenvalue weighted by molar-refractivity contribution is 0.0738. The zero-order valence-corrected chi connectivity index (χ0v) is 11.4. The van der Waals surface area contributed by atoms with Gasteiger partial charge in [0.25, 0.3) is 5.91 Å². The van der Waals surface area contributed by atoms with Crippen molar-refractivity contribution in [2.45, 2.75) is 19.9 Å². The molecule has 0 aliphatic heterocycles. The zero-order valence-electron chi connectivity index (χ0n) is 11.4. The highest BCUT2D eigenvalue weighted by atomic mass is 19.1. The summed E-state index contributed by atoms with van der Waals surface area (Å²) in [6.07, 6.45) is 3.33. The quantitative estimate of drug-likeness (QED) is 0.837. The first-order valence-electron chi connectivity index (χ1n) is 6.65. The predicted octanol–water partition coefficient (Wildman–Crippen LogP) is 3.27. The third-order valence-corrected chi connectivity index (χ3v) is 3.00. The minimum atomic E-state index is -0.577. The number of rotatable bonds is 5. The average molecular weight is 272 g/mol. The smallest absolute Gasteiger partial charge is 0.257 e. The van der Waals surface area contributed by atoms with E-state index in [1.165, 1.54) is 12.3 Å². The predicted molar refractivity (Wildman–Crippen MR) is 75.7 cm³/mol. The van der Waals surface area contributed by atoms with Crippen LogP contribution in [0.1, 0.15) is 29.3 Å². The van der Waals surface area contributed by atoms with Crippen LogP contribution < -0.4 is 0 Å². The Bertz CT molecular complexity index is 572. The van der Waals surface area contributed by atoms with Gasteiger partial charge in [0.1, 0.15) is 0 Å². The Hall–Kier alpha value is -2.23. The Balaban J connectivity index is 2.20. The van der Waals surface area contributed by atoms with Crippen LogP contribution in [0.25, 0.3) is 0 Å². The van der Waals surface area contributed by atoms with Gasteiger partial charge < -0.3 is 4.90 Å². The van der Waals surface area contributed by atoms with E-state index in [1.807, 2.05) is 37.3 Å². The van der Waals surface area contributed by atoms with E-state index in [9.17, 15) is 9.18 Å². The van der Waals surface area contributed by atoms with Gasteiger partial charge in [-0.05, 0) is 18.1 Å². The van der Waals surface area contributed by atoms with E-state index in [0.29, 0.717) is 13.1 Å². The molecule has 0 spiro atoms. The Labute approximate surface area is 118 Å². The van der Waals surface area contributed by atoms with Crippen molar-refractivity contribution in [3.8, 4) is 0 Å². The number of aromatic nitrogens is 1. The summed E-state index contributed by atoms with van der Waals surface area (Å²) in [6.45, 7) is 3.07. The largest absolute Gasteiger partial charge is 0.334 e. The topological polar surface area (TPSA) is 33.2 Å². The molecule has 0 fully saturated rings. The monoisotopic (exact) mass is 272 g/mol. The number of hydrogen-bond donors (Lipinski definition) is 0. The SMILES string of the molecule is CCCN(Cc1ccccc1)C(=O)c1ccncc1F. The molecular weight excluding hydrogens is 255 g/mol. The molecule has 2 rings (SSSR count). The third-order valence-electron chi connectivity index (χ3n) is 3.00. The first-order valence-corrected chi connectivity index (χ1v) is 6.65. The van der Waals surface area contributed by atoms with Crippen LogP contribution in [0.4, 0.5) is 4.39 Å². The van der Waals surface area contributed by atoms with Crippen LogP contribution in [0.3, 0.4) is 0 Å². The molecule has 0 aliphatic rings. The van der Waals surface area contributed by atoms with Crippen molar-refractivity contribution in [2.24, 2.45) is 0 Å². The number of nitrogens with zero attached hydrogens (tertiary/aromatic N) is 2. The highest BCUT2D eigenvalue weighted by molar-refractivity contribution is 5.94. The standard InChI is InChI=1S/C16H17FN2O/c1-2-10-19(12-13-6-4-3-5-7-13)16(20)14-8-9-18-11-15(14)17/h3-9,11H,2,10,12H2,1H3. The van der Waals surface area contributed by atoms with Gasteiger partial charge in [0, 0.05) is 19.3 Å². The van der Waals surface area contributed by atoms with Crippen molar-refractivity contribution in [3.63, 3.8) is 0 Å². The summed E-state index contributed by atoms with van der Waals surface area (Å²) < 4.78 is 13.7. The van der Waals surface area contributed by atoms with E-state index in [0.717, 1.165) is 18.2 Å². The fraction of sp³-hybridized carbons (Fsp3) is 0.250. The number of carbonyl (C=O) groups is 1. The van der Waals surface area contributed by atoms with Crippen molar-refractivity contribution in [1.29, 1.82) is 0 Å². The Kier molecular flexibility index (Phi) is 4.82. The molecule has 20 heavy (non-hydrogen) atoms. The van der Waals surface area contributed by atoms with Crippen molar-refractivity contribution < 1.29 is 9.18 Å². The molecule has 0 unspecified atom stereocenters. The lowest BCUT2D eigenvalue weighted by Crippen LogP contribution is -2.32. The number of carbonyl (C=O) groups excluding carboxylic acids is 1. The maximum absolute atomic E-state index is 13.7. The molecule has 104 valence electrons. The molecule has 2 aromatic rings. The second-order valence-corrected chi connectivity index (χ2v) is 4.57. The van der Waals surface area contributed by atoms with Crippen molar-refractivity contribution in [2.75, 3.05) is 6.54 Å². The molecular formula is C16H17FN2O. The molecule has 0 saturated heterocycles. The average Bonchev–Trinajstić information content (AvgIpc) is 2.48. The van der Waals surface area contributed by atoms with Crippen LogP contribution in [0, 0.1) is 5.82 Å². The number of benzene rings is 1. The number of pyridine rings is 1. The van der Waals surface area contributed by atoms with E-state index in [2.05, 4.69) is 4.98 Å². The molecule has 0 saturated carbocycles. The summed E-state index contributed by atoms with van der Waals surface area (Å²) in [5.41, 5.74) is 1.10. The summed E-state index contributed by atoms with van der Waals surface area (Å²) in [5, 5.41) is 0. The van der Waals surface area contributed by atoms with E-state index >= 15 is 0 Å². The normalized spacial score (nSPS) is 10.3. The van der Waals surface area contributed by atoms with Gasteiger partial charge in [0.15, 0.2) is 5.82 Å². The fourth-order valence-electron chi connectivity index (χ4n) is 2.05. The molecule has 1 aromatic carbocycles. The summed E-state index contributed by atoms with van der Waals surface area (Å²) in [6, 6.07) is 11.1. The first-order chi connectivity index (χ1) is 9.72. The van der Waals surface area contributed by atoms with E-state index in [4.69, 9.17) is 0 Å². The van der Waals surface area contributed by atoms with E-state index < -0.39 is 5.82 Å². The van der Waals surface area contributed by atoms with Gasteiger partial charge in [-0.25, -0.2) is 4.39 Å². The minimum Gasteiger partial charge on any atom is -0.334 e. The molecule has 4 heteroatoms. The number of halogens is 1. The first kappa shape index (κ1) is 14.2. The maximum Gasteiger partial charge on any atom is 0.257 e. The summed E-state index contributed by atoms with van der Waals surface area (Å²) in [7, 11) is 0. The Morgan fingerprint density at radius 1 is 1.25 bits per heavy atom. The van der Waals surface area contributed by atoms with E-state index in [-0.39, 0.29) is 11.5 Å². The molecule has 0 radical (unpaired) electrons. The summed E-state index contributed by atoms with van der Waals surface area (Å²) in [5.74, 6) is -0.873. The van der Waals surface area contributed by atoms with Gasteiger partial charge in [0.05, 0.1) is 11.8 Å². The molecule has 0 bridgehead atoms. The lowest BCUT2D eigenvalue weighted by Gasteiger charge is -2.22. The third kappa shape index (κ3) is 3.41. The van der Waals surface area contributed by atoms with Crippen LogP contribution in [0.15, 0.2) is 48.8 Å². The Morgan fingerprint density at radius 3 is 2.65 bits per heavy atom. The second-order valence-electron chi connectivity index (χ2n) is 4.57. The second kappa shape index (κ2) is 6.80. The number of hydrogen-bond acceptors (Lipinski definition) is 2. The van der Waals surface area contributed by atoms with Crippen molar-refractivity contribution >= 4 is 5.91 Å². The highest BCUT2D eigenvalue weighted by Crippen LogP contribution is 2.12. The lowest BCUT2D eigenvalue weighted by atomic mass is 10.1. The molecule has 0 N–H and O–H groups in total. The van der Waals surface area contributed by atoms with Gasteiger partial charge in [-0.2, -0.15) is 0 Å². The number of amides is 1. The molecule has 1 heterocycles. The zero-order chi connectivity index (χ0) is 14.4. The molecule has 0 aliphatic carbocycles. The van der Waals surface area contributed by atoms with Crippen LogP contribution in [-0.2, 0) is 6.54 Å². The van der Waals surface area contributed by atoms with Gasteiger partial charge in [-0.15, -0.1) is 0 Å². The van der Waals surface area contributed by atoms with Gasteiger partial charge in [0.2, 0.25) is 0 Å². The molecule has 0 atom stereocenters.